The van der Waals surface area contributed by atoms with Gasteiger partial charge in [-0.3, -0.25) is 4.79 Å². The van der Waals surface area contributed by atoms with Crippen LogP contribution >= 0.6 is 11.3 Å². The molecule has 1 amide bonds. The predicted octanol–water partition coefficient (Wildman–Crippen LogP) is 3.25. The summed E-state index contributed by atoms with van der Waals surface area (Å²) in [6.45, 7) is 5.16. The quantitative estimate of drug-likeness (QED) is 0.883. The molecule has 0 radical (unpaired) electrons. The lowest BCUT2D eigenvalue weighted by Crippen LogP contribution is -2.40. The maximum absolute atomic E-state index is 12.5. The third kappa shape index (κ3) is 3.51. The van der Waals surface area contributed by atoms with E-state index in [0.717, 1.165) is 43.6 Å². The minimum absolute atomic E-state index is 0.0872. The summed E-state index contributed by atoms with van der Waals surface area (Å²) in [7, 11) is 0. The van der Waals surface area contributed by atoms with Crippen LogP contribution in [0.1, 0.15) is 52.3 Å². The van der Waals surface area contributed by atoms with Crippen LogP contribution in [-0.4, -0.2) is 27.7 Å². The van der Waals surface area contributed by atoms with Crippen molar-refractivity contribution in [2.24, 2.45) is 0 Å². The summed E-state index contributed by atoms with van der Waals surface area (Å²) in [6, 6.07) is 6.10. The Balaban J connectivity index is 1.71. The summed E-state index contributed by atoms with van der Waals surface area (Å²) >= 11 is 1.72. The maximum atomic E-state index is 12.5. The van der Waals surface area contributed by atoms with Crippen molar-refractivity contribution in [3.05, 3.63) is 45.4 Å². The monoisotopic (exact) mass is 332 g/mol. The number of carbonyl (C=O) groups is 1. The molecule has 0 saturated heterocycles. The first-order valence-electron chi connectivity index (χ1n) is 8.18. The average molecular weight is 332 g/mol. The van der Waals surface area contributed by atoms with Gasteiger partial charge in [0.15, 0.2) is 0 Å². The fraction of sp³-hybridized carbons (Fsp3) is 0.500. The summed E-state index contributed by atoms with van der Waals surface area (Å²) in [5.41, 5.74) is 2.06. The molecule has 4 nitrogen and oxygen atoms in total. The molecule has 1 aliphatic carbocycles. The molecule has 5 heteroatoms. The Kier molecular flexibility index (Phi) is 4.60. The molecule has 0 atom stereocenters. The molecule has 3 rings (SSSR count). The van der Waals surface area contributed by atoms with Crippen molar-refractivity contribution in [3.63, 3.8) is 0 Å². The topological polar surface area (TPSA) is 54.3 Å². The van der Waals surface area contributed by atoms with Gasteiger partial charge in [-0.2, -0.15) is 0 Å². The van der Waals surface area contributed by atoms with Crippen LogP contribution in [0.4, 0.5) is 0 Å². The van der Waals surface area contributed by atoms with Gasteiger partial charge in [-0.25, -0.2) is 0 Å². The number of aliphatic hydroxyl groups is 1. The summed E-state index contributed by atoms with van der Waals surface area (Å²) in [5, 5.41) is 15.4. The molecule has 1 saturated carbocycles. The van der Waals surface area contributed by atoms with E-state index in [1.165, 1.54) is 4.88 Å². The highest BCUT2D eigenvalue weighted by atomic mass is 32.1. The number of aryl methyl sites for hydroxylation is 1. The van der Waals surface area contributed by atoms with Crippen molar-refractivity contribution in [2.75, 3.05) is 6.54 Å². The fourth-order valence-corrected chi connectivity index (χ4v) is 4.08. The highest BCUT2D eigenvalue weighted by Gasteiger charge is 2.31. The number of amides is 1. The first-order chi connectivity index (χ1) is 11.0. The lowest BCUT2D eigenvalue weighted by Gasteiger charge is -2.22. The van der Waals surface area contributed by atoms with Crippen LogP contribution in [0, 0.1) is 13.8 Å². The number of aromatic nitrogens is 1. The van der Waals surface area contributed by atoms with Crippen LogP contribution in [0.15, 0.2) is 23.6 Å². The van der Waals surface area contributed by atoms with Gasteiger partial charge in [-0.15, -0.1) is 11.3 Å². The van der Waals surface area contributed by atoms with Crippen LogP contribution in [0.3, 0.4) is 0 Å². The first kappa shape index (κ1) is 16.3. The predicted molar refractivity (Wildman–Crippen MR) is 93.1 cm³/mol. The standard InChI is InChI=1S/C18H24N2O2S/c1-13-10-16(14(2)20(13)11-15-6-5-9-23-15)17(21)19-12-18(22)7-3-4-8-18/h5-6,9-10,22H,3-4,7-8,11-12H2,1-2H3,(H,19,21). The van der Waals surface area contributed by atoms with E-state index in [1.807, 2.05) is 26.0 Å². The van der Waals surface area contributed by atoms with E-state index in [1.54, 1.807) is 11.3 Å². The number of hydrogen-bond donors (Lipinski definition) is 2. The Morgan fingerprint density at radius 2 is 2.13 bits per heavy atom. The molecule has 0 aliphatic heterocycles. The van der Waals surface area contributed by atoms with Crippen molar-refractivity contribution in [1.82, 2.24) is 9.88 Å². The van der Waals surface area contributed by atoms with E-state index in [4.69, 9.17) is 0 Å². The summed E-state index contributed by atoms with van der Waals surface area (Å²) in [4.78, 5) is 13.8. The molecule has 124 valence electrons. The molecular formula is C18H24N2O2S. The zero-order valence-corrected chi connectivity index (χ0v) is 14.6. The van der Waals surface area contributed by atoms with Gasteiger partial charge in [0, 0.05) is 22.8 Å². The summed E-state index contributed by atoms with van der Waals surface area (Å²) in [5.74, 6) is -0.0872. The van der Waals surface area contributed by atoms with Crippen LogP contribution in [0.2, 0.25) is 0 Å². The molecule has 0 aromatic carbocycles. The fourth-order valence-electron chi connectivity index (χ4n) is 3.38. The van der Waals surface area contributed by atoms with Crippen LogP contribution < -0.4 is 5.32 Å². The van der Waals surface area contributed by atoms with E-state index in [-0.39, 0.29) is 5.91 Å². The maximum Gasteiger partial charge on any atom is 0.253 e. The first-order valence-corrected chi connectivity index (χ1v) is 9.06. The van der Waals surface area contributed by atoms with E-state index in [2.05, 4.69) is 21.3 Å². The molecule has 1 aliphatic rings. The van der Waals surface area contributed by atoms with Gasteiger partial charge in [0.2, 0.25) is 0 Å². The molecule has 2 heterocycles. The van der Waals surface area contributed by atoms with Crippen molar-refractivity contribution < 1.29 is 9.90 Å². The van der Waals surface area contributed by atoms with E-state index < -0.39 is 5.60 Å². The number of rotatable bonds is 5. The van der Waals surface area contributed by atoms with E-state index in [9.17, 15) is 9.90 Å². The van der Waals surface area contributed by atoms with Gasteiger partial charge in [-0.05, 0) is 44.2 Å². The van der Waals surface area contributed by atoms with Gasteiger partial charge in [0.25, 0.3) is 5.91 Å². The van der Waals surface area contributed by atoms with E-state index in [0.29, 0.717) is 12.1 Å². The third-order valence-electron chi connectivity index (χ3n) is 4.82. The number of carbonyl (C=O) groups excluding carboxylic acids is 1. The Bertz CT molecular complexity index is 682. The van der Waals surface area contributed by atoms with Gasteiger partial charge >= 0.3 is 0 Å². The Morgan fingerprint density at radius 1 is 1.39 bits per heavy atom. The molecule has 23 heavy (non-hydrogen) atoms. The second-order valence-electron chi connectivity index (χ2n) is 6.56. The van der Waals surface area contributed by atoms with Gasteiger partial charge < -0.3 is 15.0 Å². The molecule has 0 unspecified atom stereocenters. The van der Waals surface area contributed by atoms with Crippen molar-refractivity contribution in [1.29, 1.82) is 0 Å². The molecule has 1 fully saturated rings. The third-order valence-corrected chi connectivity index (χ3v) is 5.69. The van der Waals surface area contributed by atoms with Gasteiger partial charge in [-0.1, -0.05) is 18.9 Å². The molecule has 0 spiro atoms. The van der Waals surface area contributed by atoms with Gasteiger partial charge in [0.05, 0.1) is 17.7 Å². The second kappa shape index (κ2) is 6.49. The average Bonchev–Trinajstić information content (AvgIpc) is 3.24. The summed E-state index contributed by atoms with van der Waals surface area (Å²) in [6.07, 6.45) is 3.65. The van der Waals surface area contributed by atoms with Gasteiger partial charge in [0.1, 0.15) is 0 Å². The second-order valence-corrected chi connectivity index (χ2v) is 7.60. The lowest BCUT2D eigenvalue weighted by molar-refractivity contribution is 0.0449. The number of hydrogen-bond acceptors (Lipinski definition) is 3. The number of nitrogens with zero attached hydrogens (tertiary/aromatic N) is 1. The Labute approximate surface area is 141 Å². The van der Waals surface area contributed by atoms with Crippen LogP contribution in [0.25, 0.3) is 0 Å². The normalized spacial score (nSPS) is 16.7. The highest BCUT2D eigenvalue weighted by molar-refractivity contribution is 7.09. The van der Waals surface area contributed by atoms with Crippen LogP contribution in [-0.2, 0) is 6.54 Å². The minimum atomic E-state index is -0.710. The van der Waals surface area contributed by atoms with Crippen molar-refractivity contribution in [3.8, 4) is 0 Å². The zero-order valence-electron chi connectivity index (χ0n) is 13.8. The SMILES string of the molecule is Cc1cc(C(=O)NCC2(O)CCCC2)c(C)n1Cc1cccs1. The Hall–Kier alpha value is -1.59. The van der Waals surface area contributed by atoms with Crippen molar-refractivity contribution >= 4 is 17.2 Å². The molecular weight excluding hydrogens is 308 g/mol. The minimum Gasteiger partial charge on any atom is -0.388 e. The molecule has 2 N–H and O–H groups in total. The molecule has 0 bridgehead atoms. The largest absolute Gasteiger partial charge is 0.388 e. The lowest BCUT2D eigenvalue weighted by atomic mass is 10.0. The number of thiophene rings is 1. The Morgan fingerprint density at radius 3 is 2.78 bits per heavy atom. The molecule has 2 aromatic rings. The van der Waals surface area contributed by atoms with Crippen molar-refractivity contribution in [2.45, 2.75) is 51.7 Å². The summed E-state index contributed by atoms with van der Waals surface area (Å²) < 4.78 is 2.17. The molecule has 2 aromatic heterocycles. The zero-order chi connectivity index (χ0) is 16.4. The number of nitrogens with one attached hydrogen (secondary N) is 1. The van der Waals surface area contributed by atoms with E-state index >= 15 is 0 Å². The highest BCUT2D eigenvalue weighted by Crippen LogP contribution is 2.28. The van der Waals surface area contributed by atoms with Crippen LogP contribution in [0.5, 0.6) is 0 Å². The smallest absolute Gasteiger partial charge is 0.253 e.